The third-order valence-corrected chi connectivity index (χ3v) is 6.69. The number of benzene rings is 1. The van der Waals surface area contributed by atoms with Gasteiger partial charge in [0.2, 0.25) is 0 Å². The summed E-state index contributed by atoms with van der Waals surface area (Å²) in [5.74, 6) is -3.15. The smallest absolute Gasteiger partial charge is 0.301 e. The average molecular weight is 455 g/mol. The molecule has 2 amide bonds. The Morgan fingerprint density at radius 2 is 1.88 bits per heavy atom. The van der Waals surface area contributed by atoms with Crippen molar-refractivity contribution in [1.82, 2.24) is 4.57 Å². The molecule has 174 valence electrons. The predicted octanol–water partition coefficient (Wildman–Crippen LogP) is 2.66. The van der Waals surface area contributed by atoms with Gasteiger partial charge in [-0.15, -0.1) is 0 Å². The number of nitrogens with zero attached hydrogens (tertiary/aromatic N) is 3. The van der Waals surface area contributed by atoms with Crippen molar-refractivity contribution < 1.29 is 23.9 Å². The van der Waals surface area contributed by atoms with Crippen LogP contribution in [-0.2, 0) is 11.8 Å². The van der Waals surface area contributed by atoms with Crippen LogP contribution >= 0.6 is 0 Å². The van der Waals surface area contributed by atoms with Crippen molar-refractivity contribution in [3.63, 3.8) is 0 Å². The zero-order valence-electron chi connectivity index (χ0n) is 19.1. The highest BCUT2D eigenvalue weighted by atomic mass is 19.1. The number of hydrogen-bond acceptors (Lipinski definition) is 5. The fourth-order valence-corrected chi connectivity index (χ4v) is 4.73. The lowest BCUT2D eigenvalue weighted by atomic mass is 9.79. The van der Waals surface area contributed by atoms with E-state index >= 15 is 0 Å². The third kappa shape index (κ3) is 4.14. The molecule has 1 heterocycles. The molecule has 3 rings (SSSR count). The number of nitriles is 1. The van der Waals surface area contributed by atoms with Gasteiger partial charge in [0.25, 0.3) is 11.7 Å². The number of Topliss-reactive ketones (excluding diaryl/α,β-unsaturated/α-hetero) is 1. The molecule has 1 fully saturated rings. The van der Waals surface area contributed by atoms with Gasteiger partial charge in [-0.25, -0.2) is 4.39 Å². The average Bonchev–Trinajstić information content (AvgIpc) is 2.99. The minimum absolute atomic E-state index is 0.0402. The number of aromatic nitrogens is 1. The quantitative estimate of drug-likeness (QED) is 0.530. The van der Waals surface area contributed by atoms with Crippen LogP contribution in [-0.4, -0.2) is 38.9 Å². The van der Waals surface area contributed by atoms with Gasteiger partial charge in [0, 0.05) is 24.0 Å². The van der Waals surface area contributed by atoms with Gasteiger partial charge in [-0.1, -0.05) is 0 Å². The van der Waals surface area contributed by atoms with Gasteiger partial charge in [0.1, 0.15) is 11.9 Å². The standard InChI is InChI=1S/C24H27FN4O4/c1-13-19(22(27)32)14(2)28(4)20(13)21(31)23(33)29(24(3)9-7-17(30)8-10-24)16-5-6-18(25)15(11-16)12-26/h5-6,11,17,30H,7-10H2,1-4H3,(H2,27,32). The summed E-state index contributed by atoms with van der Waals surface area (Å²) < 4.78 is 15.5. The number of ketones is 1. The molecule has 0 aliphatic heterocycles. The van der Waals surface area contributed by atoms with Crippen molar-refractivity contribution in [2.24, 2.45) is 12.8 Å². The van der Waals surface area contributed by atoms with Crippen LogP contribution in [0.4, 0.5) is 10.1 Å². The molecule has 1 aliphatic carbocycles. The van der Waals surface area contributed by atoms with Crippen LogP contribution in [0.15, 0.2) is 18.2 Å². The first kappa shape index (κ1) is 24.1. The number of halogens is 1. The Morgan fingerprint density at radius 1 is 1.27 bits per heavy atom. The maximum atomic E-state index is 14.0. The van der Waals surface area contributed by atoms with Crippen molar-refractivity contribution in [3.8, 4) is 6.07 Å². The molecule has 1 aromatic heterocycles. The van der Waals surface area contributed by atoms with Crippen molar-refractivity contribution in [1.29, 1.82) is 5.26 Å². The van der Waals surface area contributed by atoms with Crippen molar-refractivity contribution in [3.05, 3.63) is 52.1 Å². The summed E-state index contributed by atoms with van der Waals surface area (Å²) in [7, 11) is 1.57. The molecule has 0 saturated heterocycles. The number of nitrogens with two attached hydrogens (primary N) is 1. The summed E-state index contributed by atoms with van der Waals surface area (Å²) in [6, 6.07) is 5.45. The van der Waals surface area contributed by atoms with Crippen LogP contribution in [0.2, 0.25) is 0 Å². The molecule has 0 unspecified atom stereocenters. The highest BCUT2D eigenvalue weighted by Gasteiger charge is 2.43. The van der Waals surface area contributed by atoms with E-state index in [9.17, 15) is 29.1 Å². The van der Waals surface area contributed by atoms with Crippen LogP contribution in [0.25, 0.3) is 0 Å². The highest BCUT2D eigenvalue weighted by molar-refractivity contribution is 6.47. The normalized spacial score (nSPS) is 20.2. The molecule has 0 spiro atoms. The molecule has 8 nitrogen and oxygen atoms in total. The number of rotatable bonds is 5. The minimum Gasteiger partial charge on any atom is -0.393 e. The van der Waals surface area contributed by atoms with Gasteiger partial charge < -0.3 is 15.4 Å². The SMILES string of the molecule is Cc1c(C(N)=O)c(C)n(C)c1C(=O)C(=O)N(c1ccc(F)c(C#N)c1)C1(C)CCC(O)CC1. The zero-order chi connectivity index (χ0) is 24.7. The summed E-state index contributed by atoms with van der Waals surface area (Å²) >= 11 is 0. The van der Waals surface area contributed by atoms with Gasteiger partial charge in [-0.3, -0.25) is 19.3 Å². The van der Waals surface area contributed by atoms with E-state index in [0.717, 1.165) is 6.07 Å². The van der Waals surface area contributed by atoms with E-state index in [1.165, 1.54) is 21.6 Å². The van der Waals surface area contributed by atoms with E-state index in [1.54, 1.807) is 33.9 Å². The second kappa shape index (κ2) is 8.79. The van der Waals surface area contributed by atoms with Gasteiger partial charge in [0.15, 0.2) is 0 Å². The first-order valence-electron chi connectivity index (χ1n) is 10.6. The second-order valence-corrected chi connectivity index (χ2v) is 8.83. The Labute approximate surface area is 191 Å². The number of aliphatic hydroxyl groups excluding tert-OH is 1. The lowest BCUT2D eigenvalue weighted by Gasteiger charge is -2.44. The molecule has 2 aromatic rings. The zero-order valence-corrected chi connectivity index (χ0v) is 19.1. The van der Waals surface area contributed by atoms with E-state index in [4.69, 9.17) is 5.73 Å². The molecular weight excluding hydrogens is 427 g/mol. The number of hydrogen-bond donors (Lipinski definition) is 2. The largest absolute Gasteiger partial charge is 0.393 e. The van der Waals surface area contributed by atoms with Gasteiger partial charge in [-0.2, -0.15) is 5.26 Å². The summed E-state index contributed by atoms with van der Waals surface area (Å²) in [6.45, 7) is 4.99. The van der Waals surface area contributed by atoms with Gasteiger partial charge in [-0.05, 0) is 70.2 Å². The van der Waals surface area contributed by atoms with Crippen LogP contribution in [0.1, 0.15) is 70.3 Å². The Morgan fingerprint density at radius 3 is 2.39 bits per heavy atom. The first-order valence-corrected chi connectivity index (χ1v) is 10.6. The molecule has 1 aromatic carbocycles. The van der Waals surface area contributed by atoms with E-state index < -0.39 is 35.1 Å². The number of anilines is 1. The topological polar surface area (TPSA) is 129 Å². The molecule has 33 heavy (non-hydrogen) atoms. The van der Waals surface area contributed by atoms with Gasteiger partial charge in [0.05, 0.1) is 22.9 Å². The predicted molar refractivity (Wildman–Crippen MR) is 119 cm³/mol. The Bertz CT molecular complexity index is 1190. The first-order chi connectivity index (χ1) is 15.4. The second-order valence-electron chi connectivity index (χ2n) is 8.83. The number of carbonyl (C=O) groups excluding carboxylic acids is 3. The van der Waals surface area contributed by atoms with Crippen LogP contribution in [0.3, 0.4) is 0 Å². The van der Waals surface area contributed by atoms with Gasteiger partial charge >= 0.3 is 5.91 Å². The monoisotopic (exact) mass is 454 g/mol. The lowest BCUT2D eigenvalue weighted by molar-refractivity contribution is -0.116. The number of primary amides is 1. The van der Waals surface area contributed by atoms with E-state index in [0.29, 0.717) is 36.9 Å². The molecule has 0 radical (unpaired) electrons. The van der Waals surface area contributed by atoms with Crippen molar-refractivity contribution in [2.45, 2.75) is 58.1 Å². The third-order valence-electron chi connectivity index (χ3n) is 6.69. The maximum Gasteiger partial charge on any atom is 0.301 e. The molecule has 3 N–H and O–H groups in total. The van der Waals surface area contributed by atoms with Crippen LogP contribution in [0, 0.1) is 31.0 Å². The summed E-state index contributed by atoms with van der Waals surface area (Å²) in [5, 5.41) is 19.3. The number of aliphatic hydroxyl groups is 1. The fraction of sp³-hybridized carbons (Fsp3) is 0.417. The molecule has 1 saturated carbocycles. The molecular formula is C24H27FN4O4. The maximum absolute atomic E-state index is 14.0. The number of amides is 2. The summed E-state index contributed by atoms with van der Waals surface area (Å²) in [5.41, 5.74) is 5.57. The van der Waals surface area contributed by atoms with E-state index in [1.807, 2.05) is 0 Å². The molecule has 9 heteroatoms. The van der Waals surface area contributed by atoms with Crippen molar-refractivity contribution >= 4 is 23.3 Å². The van der Waals surface area contributed by atoms with Crippen molar-refractivity contribution in [2.75, 3.05) is 4.90 Å². The molecule has 0 bridgehead atoms. The van der Waals surface area contributed by atoms with E-state index in [2.05, 4.69) is 0 Å². The lowest BCUT2D eigenvalue weighted by Crippen LogP contribution is -2.55. The van der Waals surface area contributed by atoms with Crippen LogP contribution < -0.4 is 10.6 Å². The summed E-state index contributed by atoms with van der Waals surface area (Å²) in [4.78, 5) is 40.4. The molecule has 0 atom stereocenters. The Kier molecular flexibility index (Phi) is 6.43. The fourth-order valence-electron chi connectivity index (χ4n) is 4.73. The summed E-state index contributed by atoms with van der Waals surface area (Å²) in [6.07, 6.45) is 1.16. The highest BCUT2D eigenvalue weighted by Crippen LogP contribution is 2.38. The Hall–Kier alpha value is -3.51. The van der Waals surface area contributed by atoms with Crippen LogP contribution in [0.5, 0.6) is 0 Å². The van der Waals surface area contributed by atoms with E-state index in [-0.39, 0.29) is 22.5 Å². The number of carbonyl (C=O) groups is 3. The minimum atomic E-state index is -0.871. The molecule has 1 aliphatic rings. The Balaban J connectivity index is 2.15.